The molecule has 1 atom stereocenters. The Morgan fingerprint density at radius 1 is 1.35 bits per heavy atom. The second-order valence-corrected chi connectivity index (χ2v) is 12.1. The van der Waals surface area contributed by atoms with Crippen LogP contribution in [0.15, 0.2) is 24.3 Å². The average Bonchev–Trinajstić information content (AvgIpc) is 2.99. The third-order valence-electron chi connectivity index (χ3n) is 4.32. The molecule has 0 saturated carbocycles. The van der Waals surface area contributed by atoms with E-state index < -0.39 is 20.0 Å². The van der Waals surface area contributed by atoms with Gasteiger partial charge in [-0.15, -0.1) is 0 Å². The summed E-state index contributed by atoms with van der Waals surface area (Å²) >= 11 is 0. The van der Waals surface area contributed by atoms with Crippen LogP contribution in [0, 0.1) is 5.92 Å². The van der Waals surface area contributed by atoms with Crippen LogP contribution in [0.1, 0.15) is 37.6 Å². The molecule has 2 amide bonds. The van der Waals surface area contributed by atoms with E-state index in [0.717, 1.165) is 11.6 Å². The van der Waals surface area contributed by atoms with E-state index >= 15 is 0 Å². The first kappa shape index (κ1) is 20.4. The number of rotatable bonds is 4. The number of alkyl carbamates (subject to hydrolysis) is 1. The SMILES string of the molecule is CC(C)(C)OC(=O)NCC1CCN(C(=O)c2cccc([Si](C)(C)O)c2)C1. The van der Waals surface area contributed by atoms with Crippen molar-refractivity contribution in [2.45, 2.75) is 45.9 Å². The minimum atomic E-state index is -2.44. The molecule has 1 aromatic rings. The highest BCUT2D eigenvalue weighted by atomic mass is 28.4. The summed E-state index contributed by atoms with van der Waals surface area (Å²) in [5.74, 6) is 0.197. The number of nitrogens with zero attached hydrogens (tertiary/aromatic N) is 1. The largest absolute Gasteiger partial charge is 0.444 e. The number of benzene rings is 1. The number of amides is 2. The summed E-state index contributed by atoms with van der Waals surface area (Å²) in [6, 6.07) is 7.30. The molecular weight excluding hydrogens is 348 g/mol. The number of hydrogen-bond donors (Lipinski definition) is 2. The van der Waals surface area contributed by atoms with Gasteiger partial charge in [-0.05, 0) is 63.5 Å². The summed E-state index contributed by atoms with van der Waals surface area (Å²) in [6.07, 6.45) is 0.423. The Kier molecular flexibility index (Phi) is 6.13. The lowest BCUT2D eigenvalue weighted by Gasteiger charge is -2.21. The Balaban J connectivity index is 1.90. The van der Waals surface area contributed by atoms with Crippen LogP contribution in [0.25, 0.3) is 0 Å². The van der Waals surface area contributed by atoms with Gasteiger partial charge in [0.15, 0.2) is 0 Å². The zero-order chi connectivity index (χ0) is 19.5. The van der Waals surface area contributed by atoms with Crippen molar-refractivity contribution in [2.75, 3.05) is 19.6 Å². The summed E-state index contributed by atoms with van der Waals surface area (Å²) < 4.78 is 5.24. The van der Waals surface area contributed by atoms with E-state index in [0.29, 0.717) is 25.2 Å². The standard InChI is InChI=1S/C19H30N2O4Si/c1-19(2,3)25-18(23)20-12-14-9-10-21(13-14)17(22)15-7-6-8-16(11-15)26(4,5)24/h6-8,11,14,24H,9-10,12-13H2,1-5H3,(H,20,23). The maximum Gasteiger partial charge on any atom is 0.407 e. The monoisotopic (exact) mass is 378 g/mol. The van der Waals surface area contributed by atoms with Gasteiger partial charge in [-0.2, -0.15) is 0 Å². The number of carbonyl (C=O) groups excluding carboxylic acids is 2. The summed E-state index contributed by atoms with van der Waals surface area (Å²) in [5.41, 5.74) is 0.0919. The number of nitrogens with one attached hydrogen (secondary N) is 1. The predicted molar refractivity (Wildman–Crippen MR) is 104 cm³/mol. The van der Waals surface area contributed by atoms with Crippen LogP contribution < -0.4 is 10.5 Å². The lowest BCUT2D eigenvalue weighted by atomic mass is 10.1. The fourth-order valence-electron chi connectivity index (χ4n) is 2.94. The lowest BCUT2D eigenvalue weighted by molar-refractivity contribution is 0.0520. The molecule has 26 heavy (non-hydrogen) atoms. The van der Waals surface area contributed by atoms with Crippen LogP contribution in [-0.2, 0) is 4.74 Å². The third kappa shape index (κ3) is 5.84. The van der Waals surface area contributed by atoms with Crippen molar-refractivity contribution in [3.8, 4) is 0 Å². The fraction of sp³-hybridized carbons (Fsp3) is 0.579. The zero-order valence-corrected chi connectivity index (χ0v) is 17.3. The summed E-state index contributed by atoms with van der Waals surface area (Å²) in [6.45, 7) is 10.9. The number of likely N-dealkylation sites (tertiary alicyclic amines) is 1. The quantitative estimate of drug-likeness (QED) is 0.786. The van der Waals surface area contributed by atoms with E-state index in [1.807, 2.05) is 50.9 Å². The maximum absolute atomic E-state index is 12.7. The summed E-state index contributed by atoms with van der Waals surface area (Å²) in [4.78, 5) is 36.6. The highest BCUT2D eigenvalue weighted by Gasteiger charge is 2.29. The average molecular weight is 379 g/mol. The van der Waals surface area contributed by atoms with Crippen molar-refractivity contribution in [2.24, 2.45) is 5.92 Å². The normalized spacial score (nSPS) is 17.9. The topological polar surface area (TPSA) is 78.9 Å². The second-order valence-electron chi connectivity index (χ2n) is 8.43. The van der Waals surface area contributed by atoms with E-state index in [9.17, 15) is 14.4 Å². The predicted octanol–water partition coefficient (Wildman–Crippen LogP) is 2.08. The first-order valence-corrected chi connectivity index (χ1v) is 12.0. The molecule has 6 nitrogen and oxygen atoms in total. The lowest BCUT2D eigenvalue weighted by Crippen LogP contribution is -2.42. The molecule has 0 aromatic heterocycles. The molecule has 2 rings (SSSR count). The zero-order valence-electron chi connectivity index (χ0n) is 16.3. The number of carbonyl (C=O) groups is 2. The van der Waals surface area contributed by atoms with Crippen LogP contribution in [-0.4, -0.2) is 55.2 Å². The van der Waals surface area contributed by atoms with Crippen molar-refractivity contribution >= 4 is 25.5 Å². The molecule has 1 saturated heterocycles. The molecule has 1 aliphatic rings. The van der Waals surface area contributed by atoms with Gasteiger partial charge in [0.05, 0.1) is 0 Å². The minimum absolute atomic E-state index is 0.0233. The van der Waals surface area contributed by atoms with Gasteiger partial charge in [0.25, 0.3) is 5.91 Å². The van der Waals surface area contributed by atoms with Crippen LogP contribution >= 0.6 is 0 Å². The molecule has 0 bridgehead atoms. The Hall–Kier alpha value is -1.86. The van der Waals surface area contributed by atoms with Crippen molar-refractivity contribution in [3.63, 3.8) is 0 Å². The van der Waals surface area contributed by atoms with Crippen molar-refractivity contribution < 1.29 is 19.1 Å². The van der Waals surface area contributed by atoms with Gasteiger partial charge in [0.2, 0.25) is 8.32 Å². The molecular formula is C19H30N2O4Si. The molecule has 1 aromatic carbocycles. The van der Waals surface area contributed by atoms with E-state index in [2.05, 4.69) is 5.32 Å². The smallest absolute Gasteiger partial charge is 0.407 e. The molecule has 2 N–H and O–H groups in total. The van der Waals surface area contributed by atoms with Gasteiger partial charge in [-0.3, -0.25) is 4.79 Å². The molecule has 0 aliphatic carbocycles. The fourth-order valence-corrected chi connectivity index (χ4v) is 3.95. The van der Waals surface area contributed by atoms with Gasteiger partial charge in [-0.25, -0.2) is 4.79 Å². The highest BCUT2D eigenvalue weighted by molar-refractivity contribution is 6.83. The Morgan fingerprint density at radius 2 is 2.04 bits per heavy atom. The molecule has 144 valence electrons. The third-order valence-corrected chi connectivity index (χ3v) is 6.05. The maximum atomic E-state index is 12.7. The molecule has 7 heteroatoms. The van der Waals surface area contributed by atoms with E-state index in [1.165, 1.54) is 0 Å². The Bertz CT molecular complexity index is 664. The molecule has 0 spiro atoms. The van der Waals surface area contributed by atoms with Gasteiger partial charge in [-0.1, -0.05) is 12.1 Å². The molecule has 1 fully saturated rings. The highest BCUT2D eigenvalue weighted by Crippen LogP contribution is 2.18. The van der Waals surface area contributed by atoms with E-state index in [4.69, 9.17) is 4.74 Å². The van der Waals surface area contributed by atoms with Gasteiger partial charge < -0.3 is 19.7 Å². The van der Waals surface area contributed by atoms with Crippen LogP contribution in [0.4, 0.5) is 4.79 Å². The van der Waals surface area contributed by atoms with Crippen molar-refractivity contribution in [3.05, 3.63) is 29.8 Å². The second kappa shape index (κ2) is 7.80. The van der Waals surface area contributed by atoms with E-state index in [-0.39, 0.29) is 11.8 Å². The first-order valence-electron chi connectivity index (χ1n) is 9.05. The van der Waals surface area contributed by atoms with Crippen LogP contribution in [0.3, 0.4) is 0 Å². The molecule has 1 unspecified atom stereocenters. The van der Waals surface area contributed by atoms with Crippen LogP contribution in [0.5, 0.6) is 0 Å². The first-order chi connectivity index (χ1) is 12.0. The van der Waals surface area contributed by atoms with Gasteiger partial charge in [0, 0.05) is 25.2 Å². The molecule has 0 radical (unpaired) electrons. The molecule has 1 heterocycles. The van der Waals surface area contributed by atoms with Crippen LogP contribution in [0.2, 0.25) is 13.1 Å². The summed E-state index contributed by atoms with van der Waals surface area (Å²) in [5, 5.41) is 3.64. The van der Waals surface area contributed by atoms with Crippen molar-refractivity contribution in [1.29, 1.82) is 0 Å². The Labute approximate surface area is 156 Å². The van der Waals surface area contributed by atoms with Crippen molar-refractivity contribution in [1.82, 2.24) is 10.2 Å². The van der Waals surface area contributed by atoms with E-state index in [1.54, 1.807) is 12.1 Å². The van der Waals surface area contributed by atoms with Gasteiger partial charge >= 0.3 is 6.09 Å². The van der Waals surface area contributed by atoms with Gasteiger partial charge in [0.1, 0.15) is 5.60 Å². The Morgan fingerprint density at radius 3 is 2.65 bits per heavy atom. The number of ether oxygens (including phenoxy) is 1. The minimum Gasteiger partial charge on any atom is -0.444 e. The summed E-state index contributed by atoms with van der Waals surface area (Å²) in [7, 11) is -2.44. The molecule has 1 aliphatic heterocycles. The number of hydrogen-bond acceptors (Lipinski definition) is 4.